The van der Waals surface area contributed by atoms with Crippen LogP contribution in [0.3, 0.4) is 0 Å². The van der Waals surface area contributed by atoms with Crippen molar-refractivity contribution in [3.63, 3.8) is 0 Å². The summed E-state index contributed by atoms with van der Waals surface area (Å²) in [5, 5.41) is 9.44. The maximum Gasteiger partial charge on any atom is 0.141 e. The van der Waals surface area contributed by atoms with Crippen LogP contribution >= 0.6 is 0 Å². The van der Waals surface area contributed by atoms with Crippen molar-refractivity contribution >= 4 is 5.69 Å². The van der Waals surface area contributed by atoms with Gasteiger partial charge in [0.25, 0.3) is 0 Å². The van der Waals surface area contributed by atoms with E-state index < -0.39 is 0 Å². The standard InChI is InChI=1S/C13H23N2O2.ClH/c1-10(16)8-15(2,3)9-11-5-6-13(17-4)12(14)7-11;/h5-7,10,16H,8-9,14H2,1-4H3;1H/q+1;/p-1. The van der Waals surface area contributed by atoms with Gasteiger partial charge < -0.3 is 32.5 Å². The van der Waals surface area contributed by atoms with E-state index in [4.69, 9.17) is 10.5 Å². The maximum absolute atomic E-state index is 9.44. The van der Waals surface area contributed by atoms with E-state index in [1.54, 1.807) is 7.11 Å². The molecule has 0 aliphatic carbocycles. The van der Waals surface area contributed by atoms with Gasteiger partial charge in [-0.25, -0.2) is 0 Å². The molecule has 104 valence electrons. The molecule has 0 amide bonds. The Balaban J connectivity index is 0.00000289. The molecule has 0 aliphatic rings. The van der Waals surface area contributed by atoms with E-state index in [0.29, 0.717) is 18.0 Å². The number of likely N-dealkylation sites (N-methyl/N-ethyl adjacent to an activating group) is 1. The van der Waals surface area contributed by atoms with Crippen molar-refractivity contribution in [1.29, 1.82) is 0 Å². The SMILES string of the molecule is COc1ccc(C[N+](C)(C)CC(C)O)cc1N.[Cl-]. The molecule has 1 rings (SSSR count). The lowest BCUT2D eigenvalue weighted by Crippen LogP contribution is -3.00. The summed E-state index contributed by atoms with van der Waals surface area (Å²) in [4.78, 5) is 0. The normalized spacial score (nSPS) is 12.7. The molecule has 1 atom stereocenters. The molecular formula is C13H23ClN2O2. The number of hydrogen-bond acceptors (Lipinski definition) is 3. The van der Waals surface area contributed by atoms with E-state index in [1.165, 1.54) is 0 Å². The second kappa shape index (κ2) is 6.83. The molecule has 0 aliphatic heterocycles. The van der Waals surface area contributed by atoms with E-state index in [0.717, 1.165) is 16.6 Å². The second-order valence-corrected chi connectivity index (χ2v) is 5.20. The number of anilines is 1. The summed E-state index contributed by atoms with van der Waals surface area (Å²) >= 11 is 0. The lowest BCUT2D eigenvalue weighted by molar-refractivity contribution is -0.906. The fourth-order valence-electron chi connectivity index (χ4n) is 2.16. The number of methoxy groups -OCH3 is 1. The first-order valence-electron chi connectivity index (χ1n) is 5.76. The summed E-state index contributed by atoms with van der Waals surface area (Å²) in [5.74, 6) is 0.703. The van der Waals surface area contributed by atoms with Crippen LogP contribution in [0.25, 0.3) is 0 Å². The minimum Gasteiger partial charge on any atom is -1.00 e. The van der Waals surface area contributed by atoms with Crippen molar-refractivity contribution in [2.45, 2.75) is 19.6 Å². The molecule has 4 nitrogen and oxygen atoms in total. The highest BCUT2D eigenvalue weighted by Crippen LogP contribution is 2.23. The molecule has 0 radical (unpaired) electrons. The van der Waals surface area contributed by atoms with Gasteiger partial charge in [-0.1, -0.05) is 0 Å². The quantitative estimate of drug-likeness (QED) is 0.494. The Morgan fingerprint density at radius 3 is 2.44 bits per heavy atom. The number of halogens is 1. The van der Waals surface area contributed by atoms with Gasteiger partial charge in [-0.15, -0.1) is 0 Å². The molecule has 18 heavy (non-hydrogen) atoms. The van der Waals surface area contributed by atoms with Gasteiger partial charge in [0.2, 0.25) is 0 Å². The van der Waals surface area contributed by atoms with Crippen LogP contribution < -0.4 is 22.9 Å². The number of aliphatic hydroxyl groups excluding tert-OH is 1. The molecule has 0 heterocycles. The second-order valence-electron chi connectivity index (χ2n) is 5.20. The first-order chi connectivity index (χ1) is 7.84. The number of benzene rings is 1. The molecule has 0 bridgehead atoms. The van der Waals surface area contributed by atoms with E-state index in [9.17, 15) is 5.11 Å². The van der Waals surface area contributed by atoms with Crippen molar-refractivity contribution in [1.82, 2.24) is 0 Å². The third-order valence-corrected chi connectivity index (χ3v) is 2.66. The zero-order valence-corrected chi connectivity index (χ0v) is 12.2. The largest absolute Gasteiger partial charge is 1.00 e. The Labute approximate surface area is 115 Å². The molecule has 1 aromatic carbocycles. The van der Waals surface area contributed by atoms with Crippen LogP contribution in [0.5, 0.6) is 5.75 Å². The van der Waals surface area contributed by atoms with Gasteiger partial charge >= 0.3 is 0 Å². The van der Waals surface area contributed by atoms with E-state index in [2.05, 4.69) is 14.1 Å². The monoisotopic (exact) mass is 274 g/mol. The Kier molecular flexibility index (Phi) is 6.46. The summed E-state index contributed by atoms with van der Waals surface area (Å²) in [7, 11) is 5.79. The first kappa shape index (κ1) is 17.0. The molecule has 0 aromatic heterocycles. The van der Waals surface area contributed by atoms with Crippen LogP contribution in [0, 0.1) is 0 Å². The van der Waals surface area contributed by atoms with Gasteiger partial charge in [0, 0.05) is 5.56 Å². The highest BCUT2D eigenvalue weighted by molar-refractivity contribution is 5.54. The van der Waals surface area contributed by atoms with Gasteiger partial charge in [-0.2, -0.15) is 0 Å². The first-order valence-corrected chi connectivity index (χ1v) is 5.76. The zero-order valence-electron chi connectivity index (χ0n) is 11.5. The van der Waals surface area contributed by atoms with Gasteiger partial charge in [0.05, 0.1) is 26.9 Å². The van der Waals surface area contributed by atoms with Crippen molar-refractivity contribution in [3.05, 3.63) is 23.8 Å². The Hall–Kier alpha value is -0.970. The van der Waals surface area contributed by atoms with E-state index in [-0.39, 0.29) is 18.5 Å². The number of nitrogen functional groups attached to an aromatic ring is 1. The molecule has 0 fully saturated rings. The summed E-state index contributed by atoms with van der Waals surface area (Å²) in [6, 6.07) is 5.82. The molecule has 0 saturated carbocycles. The predicted octanol–water partition coefficient (Wildman–Crippen LogP) is -1.76. The average molecular weight is 275 g/mol. The minimum atomic E-state index is -0.305. The highest BCUT2D eigenvalue weighted by Gasteiger charge is 2.18. The van der Waals surface area contributed by atoms with Crippen molar-refractivity contribution < 1.29 is 26.7 Å². The molecule has 0 saturated heterocycles. The maximum atomic E-state index is 9.44. The van der Waals surface area contributed by atoms with Crippen molar-refractivity contribution in [2.75, 3.05) is 33.5 Å². The molecule has 1 aromatic rings. The molecule has 5 heteroatoms. The number of ether oxygens (including phenoxy) is 1. The molecule has 3 N–H and O–H groups in total. The van der Waals surface area contributed by atoms with Gasteiger partial charge in [0.1, 0.15) is 24.9 Å². The van der Waals surface area contributed by atoms with Crippen LogP contribution in [0.4, 0.5) is 5.69 Å². The van der Waals surface area contributed by atoms with Crippen LogP contribution in [-0.2, 0) is 6.54 Å². The summed E-state index contributed by atoms with van der Waals surface area (Å²) in [5.41, 5.74) is 7.67. The predicted molar refractivity (Wildman–Crippen MR) is 69.8 cm³/mol. The van der Waals surface area contributed by atoms with Gasteiger partial charge in [-0.3, -0.25) is 0 Å². The topological polar surface area (TPSA) is 55.5 Å². The number of aliphatic hydroxyl groups is 1. The van der Waals surface area contributed by atoms with Crippen molar-refractivity contribution in [2.24, 2.45) is 0 Å². The third kappa shape index (κ3) is 5.12. The Bertz CT molecular complexity index is 381. The number of nitrogens with zero attached hydrogens (tertiary/aromatic N) is 1. The summed E-state index contributed by atoms with van der Waals surface area (Å²) < 4.78 is 5.85. The average Bonchev–Trinajstić information content (AvgIpc) is 2.14. The fourth-order valence-corrected chi connectivity index (χ4v) is 2.16. The summed E-state index contributed by atoms with van der Waals surface area (Å²) in [6.07, 6.45) is -0.305. The third-order valence-electron chi connectivity index (χ3n) is 2.66. The minimum absolute atomic E-state index is 0. The van der Waals surface area contributed by atoms with E-state index >= 15 is 0 Å². The molecular weight excluding hydrogens is 252 g/mol. The smallest absolute Gasteiger partial charge is 0.141 e. The number of hydrogen-bond donors (Lipinski definition) is 2. The fraction of sp³-hybridized carbons (Fsp3) is 0.538. The van der Waals surface area contributed by atoms with Crippen LogP contribution in [0.1, 0.15) is 12.5 Å². The van der Waals surface area contributed by atoms with Crippen LogP contribution in [0.2, 0.25) is 0 Å². The Morgan fingerprint density at radius 1 is 1.39 bits per heavy atom. The number of rotatable bonds is 5. The van der Waals surface area contributed by atoms with Crippen molar-refractivity contribution in [3.8, 4) is 5.75 Å². The number of nitrogens with two attached hydrogens (primary N) is 1. The van der Waals surface area contributed by atoms with Gasteiger partial charge in [0.15, 0.2) is 0 Å². The van der Waals surface area contributed by atoms with Gasteiger partial charge in [-0.05, 0) is 25.1 Å². The Morgan fingerprint density at radius 2 is 2.00 bits per heavy atom. The lowest BCUT2D eigenvalue weighted by atomic mass is 10.1. The highest BCUT2D eigenvalue weighted by atomic mass is 35.5. The number of quaternary nitrogens is 1. The lowest BCUT2D eigenvalue weighted by Gasteiger charge is -2.31. The van der Waals surface area contributed by atoms with Crippen LogP contribution in [-0.4, -0.2) is 43.4 Å². The zero-order chi connectivity index (χ0) is 13.1. The van der Waals surface area contributed by atoms with Crippen LogP contribution in [0.15, 0.2) is 18.2 Å². The summed E-state index contributed by atoms with van der Waals surface area (Å²) in [6.45, 7) is 3.35. The van der Waals surface area contributed by atoms with E-state index in [1.807, 2.05) is 25.1 Å². The molecule has 0 spiro atoms. The molecule has 1 unspecified atom stereocenters.